The maximum Gasteiger partial charge on any atom is 0.269 e. The third-order valence-electron chi connectivity index (χ3n) is 3.94. The van der Waals surface area contributed by atoms with Gasteiger partial charge in [0.25, 0.3) is 11.6 Å². The molecule has 9 heteroatoms. The van der Waals surface area contributed by atoms with E-state index in [4.69, 9.17) is 9.47 Å². The van der Waals surface area contributed by atoms with Gasteiger partial charge in [-0.3, -0.25) is 20.2 Å². The van der Waals surface area contributed by atoms with Crippen molar-refractivity contribution in [3.05, 3.63) is 63.5 Å². The third kappa shape index (κ3) is 5.29. The maximum atomic E-state index is 12.1. The van der Waals surface area contributed by atoms with Crippen LogP contribution in [0, 0.1) is 17.0 Å². The number of aryl methyl sites for hydroxylation is 1. The number of aromatic nitrogens is 1. The van der Waals surface area contributed by atoms with Crippen LogP contribution >= 0.6 is 11.3 Å². The van der Waals surface area contributed by atoms with Crippen LogP contribution in [-0.4, -0.2) is 29.0 Å². The third-order valence-corrected chi connectivity index (χ3v) is 4.70. The fraction of sp³-hybridized carbons (Fsp3) is 0.200. The monoisotopic (exact) mass is 413 g/mol. The number of nitrogens with one attached hydrogen (secondary N) is 1. The molecule has 0 saturated carbocycles. The summed E-state index contributed by atoms with van der Waals surface area (Å²) in [6, 6.07) is 11.8. The highest BCUT2D eigenvalue weighted by molar-refractivity contribution is 7.14. The predicted molar refractivity (Wildman–Crippen MR) is 111 cm³/mol. The van der Waals surface area contributed by atoms with Gasteiger partial charge in [-0.15, -0.1) is 11.3 Å². The summed E-state index contributed by atoms with van der Waals surface area (Å²) < 4.78 is 10.9. The van der Waals surface area contributed by atoms with E-state index < -0.39 is 4.92 Å². The number of nitrogens with zero attached hydrogens (tertiary/aromatic N) is 2. The van der Waals surface area contributed by atoms with Crippen LogP contribution in [0.25, 0.3) is 11.3 Å². The summed E-state index contributed by atoms with van der Waals surface area (Å²) in [7, 11) is 0. The lowest BCUT2D eigenvalue weighted by Gasteiger charge is -2.08. The van der Waals surface area contributed by atoms with Crippen LogP contribution in [-0.2, 0) is 4.79 Å². The van der Waals surface area contributed by atoms with Gasteiger partial charge in [-0.1, -0.05) is 0 Å². The Labute approximate surface area is 171 Å². The smallest absolute Gasteiger partial charge is 0.269 e. The van der Waals surface area contributed by atoms with E-state index in [0.717, 1.165) is 17.0 Å². The molecule has 0 unspecified atom stereocenters. The van der Waals surface area contributed by atoms with Crippen LogP contribution in [0.15, 0.2) is 47.8 Å². The molecule has 1 N–H and O–H groups in total. The first-order valence-corrected chi connectivity index (χ1v) is 9.70. The Morgan fingerprint density at radius 1 is 1.21 bits per heavy atom. The lowest BCUT2D eigenvalue weighted by Crippen LogP contribution is -2.20. The number of nitro groups is 1. The number of hydrogen-bond donors (Lipinski definition) is 1. The average molecular weight is 413 g/mol. The van der Waals surface area contributed by atoms with Crippen LogP contribution in [0.4, 0.5) is 10.8 Å². The molecule has 0 bridgehead atoms. The van der Waals surface area contributed by atoms with Crippen LogP contribution in [0.1, 0.15) is 12.5 Å². The van der Waals surface area contributed by atoms with E-state index in [9.17, 15) is 14.9 Å². The van der Waals surface area contributed by atoms with E-state index in [1.54, 1.807) is 6.92 Å². The number of carbonyl (C=O) groups is 1. The van der Waals surface area contributed by atoms with E-state index >= 15 is 0 Å². The number of hydrogen-bond acceptors (Lipinski definition) is 7. The number of carbonyl (C=O) groups excluding carboxylic acids is 1. The van der Waals surface area contributed by atoms with Crippen LogP contribution in [0.5, 0.6) is 11.5 Å². The lowest BCUT2D eigenvalue weighted by molar-refractivity contribution is -0.384. The second-order valence-electron chi connectivity index (χ2n) is 6.04. The number of ether oxygens (including phenoxy) is 2. The zero-order valence-electron chi connectivity index (χ0n) is 15.9. The minimum Gasteiger partial charge on any atom is -0.494 e. The first kappa shape index (κ1) is 20.3. The number of anilines is 1. The Hall–Kier alpha value is -3.46. The fourth-order valence-corrected chi connectivity index (χ4v) is 3.30. The van der Waals surface area contributed by atoms with Crippen molar-refractivity contribution in [1.29, 1.82) is 0 Å². The van der Waals surface area contributed by atoms with Gasteiger partial charge in [0.05, 0.1) is 17.2 Å². The molecule has 3 rings (SSSR count). The average Bonchev–Trinajstić information content (AvgIpc) is 3.16. The number of thiazole rings is 1. The second-order valence-corrected chi connectivity index (χ2v) is 6.90. The number of rotatable bonds is 8. The van der Waals surface area contributed by atoms with E-state index in [2.05, 4.69) is 10.3 Å². The highest BCUT2D eigenvalue weighted by Crippen LogP contribution is 2.27. The Morgan fingerprint density at radius 3 is 2.62 bits per heavy atom. The molecule has 0 aliphatic carbocycles. The molecule has 2 aromatic carbocycles. The van der Waals surface area contributed by atoms with Crippen molar-refractivity contribution in [1.82, 2.24) is 4.98 Å². The van der Waals surface area contributed by atoms with E-state index in [1.807, 2.05) is 36.6 Å². The van der Waals surface area contributed by atoms with Crippen molar-refractivity contribution >= 4 is 28.1 Å². The lowest BCUT2D eigenvalue weighted by atomic mass is 10.2. The Kier molecular flexibility index (Phi) is 6.40. The van der Waals surface area contributed by atoms with Gasteiger partial charge in [-0.25, -0.2) is 4.98 Å². The van der Waals surface area contributed by atoms with Crippen molar-refractivity contribution in [2.45, 2.75) is 13.8 Å². The molecule has 0 atom stereocenters. The number of nitro benzene ring substituents is 1. The SMILES string of the molecule is CCOc1ccc(-c2csc(NC(=O)COc3ccc([N+](=O)[O-])cc3C)n2)cc1. The van der Waals surface area contributed by atoms with E-state index in [0.29, 0.717) is 23.1 Å². The number of benzene rings is 2. The normalized spacial score (nSPS) is 10.4. The van der Waals surface area contributed by atoms with Gasteiger partial charge < -0.3 is 9.47 Å². The zero-order chi connectivity index (χ0) is 20.8. The van der Waals surface area contributed by atoms with Crippen LogP contribution in [0.3, 0.4) is 0 Å². The van der Waals surface area contributed by atoms with Gasteiger partial charge >= 0.3 is 0 Å². The molecule has 0 fully saturated rings. The quantitative estimate of drug-likeness (QED) is 0.432. The highest BCUT2D eigenvalue weighted by atomic mass is 32.1. The molecule has 0 aliphatic rings. The van der Waals surface area contributed by atoms with Crippen molar-refractivity contribution in [2.24, 2.45) is 0 Å². The summed E-state index contributed by atoms with van der Waals surface area (Å²) in [5.74, 6) is 0.842. The van der Waals surface area contributed by atoms with E-state index in [-0.39, 0.29) is 18.2 Å². The summed E-state index contributed by atoms with van der Waals surface area (Å²) in [6.07, 6.45) is 0. The summed E-state index contributed by atoms with van der Waals surface area (Å²) in [6.45, 7) is 3.99. The standard InChI is InChI=1S/C20H19N3O5S/c1-3-27-16-7-4-14(5-8-16)17-12-29-20(21-17)22-19(24)11-28-18-9-6-15(23(25)26)10-13(18)2/h4-10,12H,3,11H2,1-2H3,(H,21,22,24). The van der Waals surface area contributed by atoms with Gasteiger partial charge in [0.2, 0.25) is 0 Å². The van der Waals surface area contributed by atoms with Gasteiger partial charge in [-0.05, 0) is 49.7 Å². The van der Waals surface area contributed by atoms with Crippen molar-refractivity contribution in [3.8, 4) is 22.8 Å². The zero-order valence-corrected chi connectivity index (χ0v) is 16.7. The summed E-state index contributed by atoms with van der Waals surface area (Å²) in [5, 5.41) is 15.8. The molecule has 8 nitrogen and oxygen atoms in total. The van der Waals surface area contributed by atoms with Crippen LogP contribution < -0.4 is 14.8 Å². The molecule has 0 radical (unpaired) electrons. The number of non-ortho nitro benzene ring substituents is 1. The minimum absolute atomic E-state index is 0.0242. The van der Waals surface area contributed by atoms with E-state index in [1.165, 1.54) is 29.5 Å². The van der Waals surface area contributed by atoms with Gasteiger partial charge in [0, 0.05) is 23.1 Å². The molecule has 0 saturated heterocycles. The Balaban J connectivity index is 1.57. The molecular weight excluding hydrogens is 394 g/mol. The Bertz CT molecular complexity index is 1020. The van der Waals surface area contributed by atoms with Gasteiger partial charge in [0.1, 0.15) is 11.5 Å². The minimum atomic E-state index is -0.478. The molecule has 1 heterocycles. The van der Waals surface area contributed by atoms with Gasteiger partial charge in [0.15, 0.2) is 11.7 Å². The molecule has 29 heavy (non-hydrogen) atoms. The molecule has 150 valence electrons. The second kappa shape index (κ2) is 9.16. The molecule has 0 aliphatic heterocycles. The fourth-order valence-electron chi connectivity index (χ4n) is 2.56. The molecule has 1 amide bonds. The first-order chi connectivity index (χ1) is 14.0. The van der Waals surface area contributed by atoms with Crippen molar-refractivity contribution in [3.63, 3.8) is 0 Å². The predicted octanol–water partition coefficient (Wildman–Crippen LogP) is 4.44. The Morgan fingerprint density at radius 2 is 1.97 bits per heavy atom. The summed E-state index contributed by atoms with van der Waals surface area (Å²) in [5.41, 5.74) is 2.23. The topological polar surface area (TPSA) is 104 Å². The maximum absolute atomic E-state index is 12.1. The van der Waals surface area contributed by atoms with Crippen molar-refractivity contribution in [2.75, 3.05) is 18.5 Å². The first-order valence-electron chi connectivity index (χ1n) is 8.82. The van der Waals surface area contributed by atoms with Crippen molar-refractivity contribution < 1.29 is 19.2 Å². The number of amides is 1. The summed E-state index contributed by atoms with van der Waals surface area (Å²) in [4.78, 5) is 26.8. The summed E-state index contributed by atoms with van der Waals surface area (Å²) >= 11 is 1.31. The van der Waals surface area contributed by atoms with Gasteiger partial charge in [-0.2, -0.15) is 0 Å². The highest BCUT2D eigenvalue weighted by Gasteiger charge is 2.12. The van der Waals surface area contributed by atoms with Crippen LogP contribution in [0.2, 0.25) is 0 Å². The molecule has 3 aromatic rings. The molecule has 1 aromatic heterocycles. The largest absolute Gasteiger partial charge is 0.494 e. The molecular formula is C20H19N3O5S. The molecule has 0 spiro atoms.